The monoisotopic (exact) mass is 520 g/mol. The SMILES string of the molecule is Cc1ccc(N=[P@@]2(N3CCOCC3)OC(c3cccs3)=Nc3cc4c(cc32)C(C)(C)[C@H](C)N4C)cc1. The summed E-state index contributed by atoms with van der Waals surface area (Å²) < 4.78 is 20.8. The van der Waals surface area contributed by atoms with Crippen molar-refractivity contribution in [3.63, 3.8) is 0 Å². The fourth-order valence-electron chi connectivity index (χ4n) is 5.35. The van der Waals surface area contributed by atoms with Crippen LogP contribution in [0.1, 0.15) is 36.8 Å². The first-order chi connectivity index (χ1) is 17.3. The lowest BCUT2D eigenvalue weighted by Crippen LogP contribution is -2.39. The van der Waals surface area contributed by atoms with Gasteiger partial charge < -0.3 is 14.2 Å². The van der Waals surface area contributed by atoms with Crippen molar-refractivity contribution in [2.45, 2.75) is 39.2 Å². The number of ether oxygens (including phenoxy) is 1. The van der Waals surface area contributed by atoms with E-state index in [0.29, 0.717) is 25.2 Å². The zero-order valence-electron chi connectivity index (χ0n) is 21.6. The van der Waals surface area contributed by atoms with E-state index < -0.39 is 7.43 Å². The number of hydrogen-bond donors (Lipinski definition) is 0. The lowest BCUT2D eigenvalue weighted by Gasteiger charge is -2.40. The van der Waals surface area contributed by atoms with Crippen LogP contribution in [0.4, 0.5) is 17.1 Å². The summed E-state index contributed by atoms with van der Waals surface area (Å²) in [6.45, 7) is 12.0. The summed E-state index contributed by atoms with van der Waals surface area (Å²) in [5.74, 6) is 0.668. The number of aliphatic imine (C=N–C) groups is 1. The molecule has 6 nitrogen and oxygen atoms in total. The zero-order valence-corrected chi connectivity index (χ0v) is 23.3. The van der Waals surface area contributed by atoms with E-state index in [-0.39, 0.29) is 5.41 Å². The Morgan fingerprint density at radius 1 is 1.11 bits per heavy atom. The predicted octanol–water partition coefficient (Wildman–Crippen LogP) is 6.60. The Morgan fingerprint density at radius 2 is 1.86 bits per heavy atom. The summed E-state index contributed by atoms with van der Waals surface area (Å²) in [4.78, 5) is 8.52. The van der Waals surface area contributed by atoms with E-state index in [2.05, 4.69) is 92.2 Å². The fraction of sp³-hybridized carbons (Fsp3) is 0.393. The average molecular weight is 521 g/mol. The quantitative estimate of drug-likeness (QED) is 0.365. The van der Waals surface area contributed by atoms with Crippen molar-refractivity contribution in [1.29, 1.82) is 0 Å². The number of fused-ring (bicyclic) bond motifs is 2. The summed E-state index contributed by atoms with van der Waals surface area (Å²) >= 11 is 1.65. The molecule has 0 aliphatic carbocycles. The Balaban J connectivity index is 1.66. The van der Waals surface area contributed by atoms with Gasteiger partial charge in [0.05, 0.1) is 34.8 Å². The highest BCUT2D eigenvalue weighted by Crippen LogP contribution is 2.61. The lowest BCUT2D eigenvalue weighted by atomic mass is 9.81. The number of anilines is 1. The normalized spacial score (nSPS) is 25.1. The highest BCUT2D eigenvalue weighted by Gasteiger charge is 2.46. The highest BCUT2D eigenvalue weighted by molar-refractivity contribution is 7.68. The molecule has 36 heavy (non-hydrogen) atoms. The van der Waals surface area contributed by atoms with Crippen LogP contribution in [0, 0.1) is 6.92 Å². The second kappa shape index (κ2) is 8.84. The van der Waals surface area contributed by atoms with E-state index >= 15 is 0 Å². The number of likely N-dealkylation sites (N-methyl/N-ethyl adjacent to an activating group) is 1. The molecule has 2 aromatic carbocycles. The van der Waals surface area contributed by atoms with Crippen LogP contribution in [0.25, 0.3) is 0 Å². The Kier molecular flexibility index (Phi) is 5.88. The topological polar surface area (TPSA) is 49.7 Å². The van der Waals surface area contributed by atoms with Crippen molar-refractivity contribution in [2.24, 2.45) is 9.74 Å². The number of rotatable bonds is 3. The number of thiophene rings is 1. The number of aryl methyl sites for hydroxylation is 1. The van der Waals surface area contributed by atoms with Gasteiger partial charge in [0.15, 0.2) is 0 Å². The molecular formula is C28H33N4O2PS. The van der Waals surface area contributed by atoms with E-state index in [0.717, 1.165) is 34.6 Å². The smallest absolute Gasteiger partial charge is 0.242 e. The molecule has 0 unspecified atom stereocenters. The van der Waals surface area contributed by atoms with Crippen molar-refractivity contribution in [2.75, 3.05) is 38.3 Å². The van der Waals surface area contributed by atoms with Crippen LogP contribution in [0.15, 0.2) is 63.6 Å². The van der Waals surface area contributed by atoms with Gasteiger partial charge in [-0.25, -0.2) is 14.4 Å². The van der Waals surface area contributed by atoms with Gasteiger partial charge in [0, 0.05) is 37.3 Å². The van der Waals surface area contributed by atoms with Gasteiger partial charge in [0.1, 0.15) is 0 Å². The molecule has 3 aromatic rings. The summed E-state index contributed by atoms with van der Waals surface area (Å²) in [6.07, 6.45) is 0. The van der Waals surface area contributed by atoms with Crippen LogP contribution in [0.5, 0.6) is 0 Å². The van der Waals surface area contributed by atoms with Crippen LogP contribution in [0.2, 0.25) is 0 Å². The molecule has 1 aromatic heterocycles. The van der Waals surface area contributed by atoms with E-state index in [9.17, 15) is 0 Å². The van der Waals surface area contributed by atoms with Gasteiger partial charge in [0.2, 0.25) is 13.3 Å². The van der Waals surface area contributed by atoms with E-state index in [4.69, 9.17) is 19.0 Å². The average Bonchev–Trinajstić information content (AvgIpc) is 3.48. The minimum absolute atomic E-state index is 0.00137. The molecule has 0 amide bonds. The largest absolute Gasteiger partial charge is 0.424 e. The third-order valence-corrected chi connectivity index (χ3v) is 11.9. The number of benzene rings is 2. The van der Waals surface area contributed by atoms with E-state index in [1.807, 2.05) is 6.07 Å². The third kappa shape index (κ3) is 3.76. The molecule has 1 saturated heterocycles. The standard InChI is InChI=1S/C28H33N4O2PS/c1-19-8-10-21(11-9-19)30-35(32-12-14-33-15-13-32)25-17-22-24(31(5)20(2)28(22,3)4)18-23(25)29-27(34-35)26-7-6-16-36-26/h6-11,16-18,20H,12-15H2,1-5H3/t20-,35-/m0/s1. The van der Waals surface area contributed by atoms with Crippen molar-refractivity contribution in [1.82, 2.24) is 4.67 Å². The second-order valence-corrected chi connectivity index (χ2v) is 13.9. The van der Waals surface area contributed by atoms with Gasteiger partial charge in [-0.2, -0.15) is 0 Å². The minimum Gasteiger partial charge on any atom is -0.424 e. The van der Waals surface area contributed by atoms with Gasteiger partial charge in [0.25, 0.3) is 0 Å². The molecule has 6 rings (SSSR count). The number of hydrogen-bond acceptors (Lipinski definition) is 6. The van der Waals surface area contributed by atoms with Crippen LogP contribution in [-0.4, -0.2) is 50.0 Å². The van der Waals surface area contributed by atoms with E-state index in [1.165, 1.54) is 16.8 Å². The maximum atomic E-state index is 7.06. The summed E-state index contributed by atoms with van der Waals surface area (Å²) in [6, 6.07) is 17.6. The maximum absolute atomic E-state index is 7.06. The molecule has 188 valence electrons. The Labute approximate surface area is 217 Å². The van der Waals surface area contributed by atoms with Crippen molar-refractivity contribution in [3.8, 4) is 0 Å². The van der Waals surface area contributed by atoms with Crippen LogP contribution < -0.4 is 10.2 Å². The van der Waals surface area contributed by atoms with E-state index in [1.54, 1.807) is 11.3 Å². The molecule has 0 radical (unpaired) electrons. The van der Waals surface area contributed by atoms with Gasteiger partial charge in [-0.05, 0) is 55.1 Å². The molecular weight excluding hydrogens is 487 g/mol. The molecule has 0 saturated carbocycles. The summed E-state index contributed by atoms with van der Waals surface area (Å²) in [5.41, 5.74) is 5.71. The molecule has 8 heteroatoms. The van der Waals surface area contributed by atoms with Crippen LogP contribution in [-0.2, 0) is 14.7 Å². The van der Waals surface area contributed by atoms with Gasteiger partial charge >= 0.3 is 0 Å². The first kappa shape index (κ1) is 23.9. The van der Waals surface area contributed by atoms with Gasteiger partial charge in [-0.15, -0.1) is 11.3 Å². The molecule has 0 bridgehead atoms. The zero-order chi connectivity index (χ0) is 25.1. The Hall–Kier alpha value is -2.44. The molecule has 0 N–H and O–H groups in total. The fourth-order valence-corrected chi connectivity index (χ4v) is 9.10. The second-order valence-electron chi connectivity index (χ2n) is 10.4. The molecule has 3 aliphatic rings. The first-order valence-electron chi connectivity index (χ1n) is 12.6. The number of morpholine rings is 1. The van der Waals surface area contributed by atoms with Crippen LogP contribution in [0.3, 0.4) is 0 Å². The molecule has 4 heterocycles. The minimum atomic E-state index is -2.68. The third-order valence-electron chi connectivity index (χ3n) is 7.93. The van der Waals surface area contributed by atoms with Crippen molar-refractivity contribution < 1.29 is 9.26 Å². The Bertz CT molecular complexity index is 1380. The van der Waals surface area contributed by atoms with Crippen molar-refractivity contribution >= 4 is 47.0 Å². The maximum Gasteiger partial charge on any atom is 0.242 e. The molecule has 2 atom stereocenters. The molecule has 0 spiro atoms. The van der Waals surface area contributed by atoms with Crippen LogP contribution >= 0.6 is 18.8 Å². The van der Waals surface area contributed by atoms with Crippen molar-refractivity contribution in [3.05, 3.63) is 69.9 Å². The predicted molar refractivity (Wildman–Crippen MR) is 151 cm³/mol. The highest BCUT2D eigenvalue weighted by atomic mass is 32.1. The lowest BCUT2D eigenvalue weighted by molar-refractivity contribution is 0.0716. The molecule has 3 aliphatic heterocycles. The van der Waals surface area contributed by atoms with Gasteiger partial charge in [-0.1, -0.05) is 37.6 Å². The first-order valence-corrected chi connectivity index (χ1v) is 15.0. The summed E-state index contributed by atoms with van der Waals surface area (Å²) in [7, 11) is -0.493. The summed E-state index contributed by atoms with van der Waals surface area (Å²) in [5, 5.41) is 3.18. The molecule has 1 fully saturated rings. The Morgan fingerprint density at radius 3 is 2.56 bits per heavy atom. The number of nitrogens with zero attached hydrogens (tertiary/aromatic N) is 4. The van der Waals surface area contributed by atoms with Gasteiger partial charge in [-0.3, -0.25) is 0 Å².